The Balaban J connectivity index is 0. The van der Waals surface area contributed by atoms with Crippen LogP contribution in [0.15, 0.2) is 43.2 Å². The van der Waals surface area contributed by atoms with E-state index in [2.05, 4.69) is 6.58 Å². The Kier molecular flexibility index (Phi) is 10.7. The molecule has 0 fully saturated rings. The number of aliphatic hydroxyl groups excluding tert-OH is 1. The molecule has 3 N–H and O–H groups in total. The van der Waals surface area contributed by atoms with Gasteiger partial charge in [0.15, 0.2) is 12.2 Å². The summed E-state index contributed by atoms with van der Waals surface area (Å²) in [6.07, 6.45) is 2.15. The molecule has 1 rings (SSSR count). The van der Waals surface area contributed by atoms with Crippen molar-refractivity contribution in [3.05, 3.63) is 48.7 Å². The first-order valence-corrected chi connectivity index (χ1v) is 3.36. The van der Waals surface area contributed by atoms with E-state index < -0.39 is 0 Å². The fourth-order valence-corrected chi connectivity index (χ4v) is 0.589. The van der Waals surface area contributed by atoms with Crippen LogP contribution in [0, 0.1) is 0 Å². The summed E-state index contributed by atoms with van der Waals surface area (Å²) < 4.78 is 0. The Morgan fingerprint density at radius 1 is 1.31 bits per heavy atom. The molecule has 3 nitrogen and oxygen atoms in total. The van der Waals surface area contributed by atoms with Crippen molar-refractivity contribution in [2.45, 2.75) is 0 Å². The summed E-state index contributed by atoms with van der Waals surface area (Å²) >= 11 is 0. The van der Waals surface area contributed by atoms with E-state index in [4.69, 9.17) is 9.90 Å². The van der Waals surface area contributed by atoms with Crippen molar-refractivity contribution in [2.75, 3.05) is 0 Å². The highest BCUT2D eigenvalue weighted by Gasteiger charge is 1.75. The van der Waals surface area contributed by atoms with Crippen LogP contribution < -0.4 is 0 Å². The molecule has 0 amide bonds. The van der Waals surface area contributed by atoms with Gasteiger partial charge in [0.25, 0.3) is 0 Å². The van der Waals surface area contributed by atoms with Gasteiger partial charge in [0, 0.05) is 0 Å². The first-order valence-electron chi connectivity index (χ1n) is 3.36. The molecule has 0 aromatic heterocycles. The first kappa shape index (κ1) is 13.7. The van der Waals surface area contributed by atoms with E-state index >= 15 is 0 Å². The Labute approximate surface area is 77.0 Å². The molecule has 1 aromatic rings. The van der Waals surface area contributed by atoms with Crippen molar-refractivity contribution >= 4 is 12.0 Å². The predicted octanol–water partition coefficient (Wildman–Crippen LogP) is 1.39. The lowest BCUT2D eigenvalue weighted by molar-refractivity contribution is 0.469. The highest BCUT2D eigenvalue weighted by Crippen LogP contribution is 1.97. The lowest BCUT2D eigenvalue weighted by Gasteiger charge is -1.85. The molecule has 0 heterocycles. The van der Waals surface area contributed by atoms with E-state index in [1.807, 2.05) is 36.4 Å². The lowest BCUT2D eigenvalue weighted by Crippen LogP contribution is -1.63. The van der Waals surface area contributed by atoms with Crippen LogP contribution in [0.1, 0.15) is 5.56 Å². The van der Waals surface area contributed by atoms with Gasteiger partial charge in [-0.2, -0.15) is 0 Å². The molecule has 13 heavy (non-hydrogen) atoms. The minimum absolute atomic E-state index is 0. The second-order valence-corrected chi connectivity index (χ2v) is 1.86. The molecular weight excluding hydrogens is 168 g/mol. The maximum Gasteiger partial charge on any atom is 0.163 e. The molecule has 1 aromatic carbocycles. The van der Waals surface area contributed by atoms with Crippen LogP contribution in [0.5, 0.6) is 0 Å². The van der Waals surface area contributed by atoms with E-state index in [1.54, 1.807) is 0 Å². The predicted molar refractivity (Wildman–Crippen MR) is 53.0 cm³/mol. The van der Waals surface area contributed by atoms with E-state index in [1.165, 1.54) is 5.56 Å². The zero-order valence-corrected chi connectivity index (χ0v) is 7.10. The maximum absolute atomic E-state index is 8.74. The normalized spacial score (nSPS) is 6.46. The standard InChI is InChI=1S/C8H8.C2H2O2.H2O/c1-2-8-6-4-3-5-7-8;3-1-2-4;/h2-7H,1H2;1,3H;1H2. The van der Waals surface area contributed by atoms with Crippen molar-refractivity contribution < 1.29 is 15.4 Å². The van der Waals surface area contributed by atoms with E-state index in [9.17, 15) is 0 Å². The molecule has 0 atom stereocenters. The van der Waals surface area contributed by atoms with Gasteiger partial charge >= 0.3 is 0 Å². The maximum atomic E-state index is 8.74. The second kappa shape index (κ2) is 10.2. The van der Waals surface area contributed by atoms with Gasteiger partial charge in [-0.15, -0.1) is 0 Å². The molecule has 0 saturated carbocycles. The summed E-state index contributed by atoms with van der Waals surface area (Å²) in [7, 11) is 0. The first-order chi connectivity index (χ1) is 5.85. The molecule has 0 aliphatic rings. The van der Waals surface area contributed by atoms with Gasteiger partial charge in [0.1, 0.15) is 0 Å². The van der Waals surface area contributed by atoms with Crippen molar-refractivity contribution in [1.29, 1.82) is 0 Å². The fraction of sp³-hybridized carbons (Fsp3) is 0. The number of hydrogen-bond donors (Lipinski definition) is 1. The Hall–Kier alpha value is -1.83. The number of aliphatic hydroxyl groups is 1. The zero-order valence-electron chi connectivity index (χ0n) is 7.10. The van der Waals surface area contributed by atoms with Crippen LogP contribution >= 0.6 is 0 Å². The third-order valence-electron chi connectivity index (χ3n) is 1.09. The number of carbonyl (C=O) groups excluding carboxylic acids is 1. The van der Waals surface area contributed by atoms with Crippen LogP contribution in [0.4, 0.5) is 0 Å². The molecule has 70 valence electrons. The van der Waals surface area contributed by atoms with E-state index in [0.717, 1.165) is 5.94 Å². The van der Waals surface area contributed by atoms with Crippen LogP contribution in [-0.4, -0.2) is 16.5 Å². The van der Waals surface area contributed by atoms with Crippen LogP contribution in [0.25, 0.3) is 6.08 Å². The summed E-state index contributed by atoms with van der Waals surface area (Å²) in [5.74, 6) is 1.11. The van der Waals surface area contributed by atoms with Gasteiger partial charge in [0.05, 0.1) is 0 Å². The number of rotatable bonds is 1. The molecule has 3 heteroatoms. The third-order valence-corrected chi connectivity index (χ3v) is 1.09. The largest absolute Gasteiger partial charge is 0.504 e. The van der Waals surface area contributed by atoms with Gasteiger partial charge in [-0.1, -0.05) is 43.0 Å². The monoisotopic (exact) mass is 180 g/mol. The highest BCUT2D eigenvalue weighted by molar-refractivity contribution is 5.45. The van der Waals surface area contributed by atoms with E-state index in [0.29, 0.717) is 6.26 Å². The summed E-state index contributed by atoms with van der Waals surface area (Å²) in [4.78, 5) is 8.74. The van der Waals surface area contributed by atoms with Crippen molar-refractivity contribution in [3.63, 3.8) is 0 Å². The molecule has 0 radical (unpaired) electrons. The Bertz CT molecular complexity index is 261. The quantitative estimate of drug-likeness (QED) is 0.524. The van der Waals surface area contributed by atoms with E-state index in [-0.39, 0.29) is 5.48 Å². The zero-order chi connectivity index (χ0) is 9.23. The molecular formula is C10H12O3. The summed E-state index contributed by atoms with van der Waals surface area (Å²) in [6, 6.07) is 10.0. The van der Waals surface area contributed by atoms with Crippen molar-refractivity contribution in [2.24, 2.45) is 0 Å². The smallest absolute Gasteiger partial charge is 0.163 e. The van der Waals surface area contributed by atoms with Crippen LogP contribution in [-0.2, 0) is 4.79 Å². The minimum Gasteiger partial charge on any atom is -0.504 e. The lowest BCUT2D eigenvalue weighted by atomic mass is 10.2. The summed E-state index contributed by atoms with van der Waals surface area (Å²) in [5, 5.41) is 7.33. The number of hydrogen-bond acceptors (Lipinski definition) is 2. The van der Waals surface area contributed by atoms with Gasteiger partial charge in [-0.3, -0.25) is 0 Å². The van der Waals surface area contributed by atoms with Gasteiger partial charge in [-0.25, -0.2) is 4.79 Å². The molecule has 0 saturated heterocycles. The van der Waals surface area contributed by atoms with Crippen LogP contribution in [0.2, 0.25) is 0 Å². The van der Waals surface area contributed by atoms with Gasteiger partial charge < -0.3 is 10.6 Å². The molecule has 0 aliphatic heterocycles. The molecule has 0 bridgehead atoms. The second-order valence-electron chi connectivity index (χ2n) is 1.86. The minimum atomic E-state index is 0. The molecule has 0 aliphatic carbocycles. The number of benzene rings is 1. The van der Waals surface area contributed by atoms with Gasteiger partial charge in [0.2, 0.25) is 0 Å². The Morgan fingerprint density at radius 3 is 2.00 bits per heavy atom. The van der Waals surface area contributed by atoms with Crippen molar-refractivity contribution in [1.82, 2.24) is 0 Å². The highest BCUT2D eigenvalue weighted by atomic mass is 16.2. The molecule has 0 spiro atoms. The topological polar surface area (TPSA) is 68.8 Å². The summed E-state index contributed by atoms with van der Waals surface area (Å²) in [6.45, 7) is 3.63. The third kappa shape index (κ3) is 8.07. The Morgan fingerprint density at radius 2 is 1.77 bits per heavy atom. The van der Waals surface area contributed by atoms with Crippen molar-refractivity contribution in [3.8, 4) is 0 Å². The average molecular weight is 180 g/mol. The SMILES string of the molecule is C=Cc1ccccc1.O.O=C=CO. The summed E-state index contributed by atoms with van der Waals surface area (Å²) in [5.41, 5.74) is 1.17. The van der Waals surface area contributed by atoms with Gasteiger partial charge in [-0.05, 0) is 5.56 Å². The fourth-order valence-electron chi connectivity index (χ4n) is 0.589. The average Bonchev–Trinajstić information content (AvgIpc) is 2.19. The van der Waals surface area contributed by atoms with Crippen LogP contribution in [0.3, 0.4) is 0 Å². The molecule has 0 unspecified atom stereocenters.